The number of carbonyl (C=O) groups excluding carboxylic acids is 1. The molecule has 2 aromatic heterocycles. The zero-order valence-electron chi connectivity index (χ0n) is 16.9. The van der Waals surface area contributed by atoms with Gasteiger partial charge in [0, 0.05) is 40.9 Å². The van der Waals surface area contributed by atoms with Crippen molar-refractivity contribution in [3.05, 3.63) is 106 Å². The van der Waals surface area contributed by atoms with Gasteiger partial charge in [-0.25, -0.2) is 4.68 Å². The van der Waals surface area contributed by atoms with Gasteiger partial charge in [0.05, 0.1) is 16.9 Å². The fourth-order valence-electron chi connectivity index (χ4n) is 3.89. The summed E-state index contributed by atoms with van der Waals surface area (Å²) in [6, 6.07) is 19.4. The Bertz CT molecular complexity index is 1250. The fourth-order valence-corrected chi connectivity index (χ4v) is 4.36. The van der Waals surface area contributed by atoms with Gasteiger partial charge in [-0.3, -0.25) is 9.78 Å². The molecule has 0 spiro atoms. The van der Waals surface area contributed by atoms with Crippen molar-refractivity contribution in [1.29, 1.82) is 0 Å². The van der Waals surface area contributed by atoms with Gasteiger partial charge in [-0.2, -0.15) is 5.10 Å². The molecule has 0 bridgehead atoms. The van der Waals surface area contributed by atoms with Crippen molar-refractivity contribution in [1.82, 2.24) is 19.7 Å². The molecule has 0 saturated heterocycles. The molecule has 7 heteroatoms. The first kappa shape index (κ1) is 19.5. The van der Waals surface area contributed by atoms with Crippen molar-refractivity contribution in [3.8, 4) is 5.69 Å². The molecule has 4 aromatic rings. The molecular weight excluding hydrogens is 454 g/mol. The third-order valence-electron chi connectivity index (χ3n) is 5.43. The average Bonchev–Trinajstić information content (AvgIpc) is 3.18. The second kappa shape index (κ2) is 8.00. The number of pyridine rings is 1. The molecule has 1 N–H and O–H groups in total. The van der Waals surface area contributed by atoms with Crippen LogP contribution < -0.4 is 5.32 Å². The molecule has 1 atom stereocenters. The van der Waals surface area contributed by atoms with Crippen molar-refractivity contribution >= 4 is 27.5 Å². The van der Waals surface area contributed by atoms with E-state index in [0.717, 1.165) is 32.7 Å². The smallest absolute Gasteiger partial charge is 0.258 e. The first-order chi connectivity index (χ1) is 15.1. The maximum absolute atomic E-state index is 13.5. The first-order valence-corrected chi connectivity index (χ1v) is 10.8. The standard InChI is InChI=1S/C24H20BrN5O/c1-16-19(15-30(28-16)22-11-5-3-9-20(22)25)23-27-21-10-4-2-8-18(21)24(31)29(23)14-17-7-6-12-26-13-17/h2-13,15,23,27H,14H2,1H3. The van der Waals surface area contributed by atoms with Gasteiger partial charge in [0.1, 0.15) is 6.17 Å². The summed E-state index contributed by atoms with van der Waals surface area (Å²) in [5, 5.41) is 8.29. The highest BCUT2D eigenvalue weighted by Gasteiger charge is 2.34. The number of carbonyl (C=O) groups is 1. The van der Waals surface area contributed by atoms with E-state index in [1.54, 1.807) is 12.4 Å². The van der Waals surface area contributed by atoms with E-state index >= 15 is 0 Å². The summed E-state index contributed by atoms with van der Waals surface area (Å²) in [7, 11) is 0. The minimum absolute atomic E-state index is 0.0174. The minimum atomic E-state index is -0.348. The molecule has 0 fully saturated rings. The molecule has 0 aliphatic carbocycles. The molecule has 3 heterocycles. The second-order valence-electron chi connectivity index (χ2n) is 7.45. The molecule has 1 amide bonds. The van der Waals surface area contributed by atoms with Crippen molar-refractivity contribution in [2.24, 2.45) is 0 Å². The Morgan fingerprint density at radius 2 is 1.87 bits per heavy atom. The number of anilines is 1. The zero-order valence-corrected chi connectivity index (χ0v) is 18.5. The normalized spacial score (nSPS) is 15.5. The number of hydrogen-bond donors (Lipinski definition) is 1. The highest BCUT2D eigenvalue weighted by Crippen LogP contribution is 2.35. The maximum atomic E-state index is 13.5. The summed E-state index contributed by atoms with van der Waals surface area (Å²) in [6.45, 7) is 2.41. The van der Waals surface area contributed by atoms with Crippen LogP contribution in [0.3, 0.4) is 0 Å². The van der Waals surface area contributed by atoms with Gasteiger partial charge >= 0.3 is 0 Å². The van der Waals surface area contributed by atoms with Gasteiger partial charge < -0.3 is 10.2 Å². The van der Waals surface area contributed by atoms with Gasteiger partial charge in [-0.05, 0) is 58.7 Å². The first-order valence-electron chi connectivity index (χ1n) is 9.98. The number of para-hydroxylation sites is 2. The Morgan fingerprint density at radius 1 is 1.06 bits per heavy atom. The Hall–Kier alpha value is -3.45. The van der Waals surface area contributed by atoms with Crippen LogP contribution in [0.5, 0.6) is 0 Å². The summed E-state index contributed by atoms with van der Waals surface area (Å²) in [5.41, 5.74) is 5.21. The lowest BCUT2D eigenvalue weighted by Gasteiger charge is -2.37. The fraction of sp³-hybridized carbons (Fsp3) is 0.125. The van der Waals surface area contributed by atoms with Gasteiger partial charge in [0.2, 0.25) is 0 Å². The lowest BCUT2D eigenvalue weighted by atomic mass is 10.0. The van der Waals surface area contributed by atoms with Crippen molar-refractivity contribution in [2.45, 2.75) is 19.6 Å². The summed E-state index contributed by atoms with van der Waals surface area (Å²) < 4.78 is 2.80. The summed E-state index contributed by atoms with van der Waals surface area (Å²) in [6.07, 6.45) is 5.17. The summed E-state index contributed by atoms with van der Waals surface area (Å²) in [5.74, 6) is -0.0174. The molecule has 154 valence electrons. The van der Waals surface area contributed by atoms with E-state index in [-0.39, 0.29) is 12.1 Å². The number of nitrogens with one attached hydrogen (secondary N) is 1. The molecular formula is C24H20BrN5O. The summed E-state index contributed by atoms with van der Waals surface area (Å²) >= 11 is 3.60. The van der Waals surface area contributed by atoms with Gasteiger partial charge in [-0.1, -0.05) is 30.3 Å². The number of halogens is 1. The van der Waals surface area contributed by atoms with E-state index in [2.05, 4.69) is 26.2 Å². The third kappa shape index (κ3) is 3.61. The number of rotatable bonds is 4. The van der Waals surface area contributed by atoms with Crippen LogP contribution in [0.1, 0.15) is 33.3 Å². The average molecular weight is 474 g/mol. The SMILES string of the molecule is Cc1nn(-c2ccccc2Br)cc1C1Nc2ccccc2C(=O)N1Cc1cccnc1. The minimum Gasteiger partial charge on any atom is -0.361 e. The van der Waals surface area contributed by atoms with Crippen LogP contribution in [0.4, 0.5) is 5.69 Å². The number of benzene rings is 2. The van der Waals surface area contributed by atoms with Crippen LogP contribution in [0.25, 0.3) is 5.69 Å². The molecule has 0 radical (unpaired) electrons. The highest BCUT2D eigenvalue weighted by atomic mass is 79.9. The van der Waals surface area contributed by atoms with E-state index in [1.165, 1.54) is 0 Å². The second-order valence-corrected chi connectivity index (χ2v) is 8.31. The van der Waals surface area contributed by atoms with Crippen LogP contribution >= 0.6 is 15.9 Å². The maximum Gasteiger partial charge on any atom is 0.258 e. The number of nitrogens with zero attached hydrogens (tertiary/aromatic N) is 4. The van der Waals surface area contributed by atoms with E-state index in [9.17, 15) is 4.79 Å². The Balaban J connectivity index is 1.59. The summed E-state index contributed by atoms with van der Waals surface area (Å²) in [4.78, 5) is 19.5. The van der Waals surface area contributed by atoms with E-state index < -0.39 is 0 Å². The number of amides is 1. The van der Waals surface area contributed by atoms with Gasteiger partial charge in [0.15, 0.2) is 0 Å². The number of aromatic nitrogens is 3. The van der Waals surface area contributed by atoms with Crippen molar-refractivity contribution < 1.29 is 4.79 Å². The number of hydrogen-bond acceptors (Lipinski definition) is 4. The Morgan fingerprint density at radius 3 is 2.68 bits per heavy atom. The van der Waals surface area contributed by atoms with Crippen LogP contribution in [0.15, 0.2) is 83.7 Å². The van der Waals surface area contributed by atoms with Crippen LogP contribution in [-0.2, 0) is 6.54 Å². The molecule has 5 rings (SSSR count). The van der Waals surface area contributed by atoms with Crippen LogP contribution in [0.2, 0.25) is 0 Å². The van der Waals surface area contributed by atoms with Crippen molar-refractivity contribution in [3.63, 3.8) is 0 Å². The molecule has 0 saturated carbocycles. The highest BCUT2D eigenvalue weighted by molar-refractivity contribution is 9.10. The molecule has 2 aromatic carbocycles. The van der Waals surface area contributed by atoms with Crippen molar-refractivity contribution in [2.75, 3.05) is 5.32 Å². The molecule has 31 heavy (non-hydrogen) atoms. The topological polar surface area (TPSA) is 63.1 Å². The lowest BCUT2D eigenvalue weighted by Crippen LogP contribution is -2.42. The predicted octanol–water partition coefficient (Wildman–Crippen LogP) is 5.10. The predicted molar refractivity (Wildman–Crippen MR) is 123 cm³/mol. The van der Waals surface area contributed by atoms with E-state index in [1.807, 2.05) is 83.4 Å². The Labute approximate surface area is 188 Å². The molecule has 1 aliphatic heterocycles. The van der Waals surface area contributed by atoms with E-state index in [0.29, 0.717) is 12.1 Å². The Kier molecular flexibility index (Phi) is 5.03. The molecule has 1 aliphatic rings. The molecule has 1 unspecified atom stereocenters. The third-order valence-corrected chi connectivity index (χ3v) is 6.10. The van der Waals surface area contributed by atoms with Crippen LogP contribution in [-0.4, -0.2) is 25.6 Å². The number of fused-ring (bicyclic) bond motifs is 1. The van der Waals surface area contributed by atoms with E-state index in [4.69, 9.17) is 5.10 Å². The van der Waals surface area contributed by atoms with Gasteiger partial charge in [0.25, 0.3) is 5.91 Å². The zero-order chi connectivity index (χ0) is 21.4. The lowest BCUT2D eigenvalue weighted by molar-refractivity contribution is 0.0666. The monoisotopic (exact) mass is 473 g/mol. The molecule has 6 nitrogen and oxygen atoms in total. The number of aryl methyl sites for hydroxylation is 1. The van der Waals surface area contributed by atoms with Crippen LogP contribution in [0, 0.1) is 6.92 Å². The quantitative estimate of drug-likeness (QED) is 0.447. The largest absolute Gasteiger partial charge is 0.361 e. The van der Waals surface area contributed by atoms with Gasteiger partial charge in [-0.15, -0.1) is 0 Å².